The Bertz CT molecular complexity index is 1820. The Kier molecular flexibility index (Phi) is 5.68. The van der Waals surface area contributed by atoms with Gasteiger partial charge in [-0.15, -0.1) is 5.10 Å². The lowest BCUT2D eigenvalue weighted by Gasteiger charge is -2.17. The van der Waals surface area contributed by atoms with Gasteiger partial charge in [-0.25, -0.2) is 4.39 Å². The van der Waals surface area contributed by atoms with Crippen LogP contribution in [0.25, 0.3) is 21.9 Å². The van der Waals surface area contributed by atoms with E-state index >= 15 is 0 Å². The van der Waals surface area contributed by atoms with Gasteiger partial charge >= 0.3 is 0 Å². The summed E-state index contributed by atoms with van der Waals surface area (Å²) in [5, 5.41) is 5.19. The molecule has 36 heavy (non-hydrogen) atoms. The lowest BCUT2D eigenvalue weighted by atomic mass is 10.1. The molecule has 0 saturated heterocycles. The highest BCUT2D eigenvalue weighted by atomic mass is 79.9. The SMILES string of the molecule is O=C1C(=c2sc3nc(-c4ccc(Cl)cc4Cl)nn3c2=O)c2cc(Br)ccc2N1Cc1ccc(F)cc1. The highest BCUT2D eigenvalue weighted by molar-refractivity contribution is 9.10. The molecule has 0 N–H and O–H groups in total. The number of amides is 1. The molecule has 1 amide bonds. The fourth-order valence-electron chi connectivity index (χ4n) is 4.12. The van der Waals surface area contributed by atoms with E-state index in [1.165, 1.54) is 16.6 Å². The minimum atomic E-state index is -0.447. The lowest BCUT2D eigenvalue weighted by molar-refractivity contribution is -0.113. The van der Waals surface area contributed by atoms with E-state index in [2.05, 4.69) is 26.0 Å². The number of nitrogens with zero attached hydrogens (tertiary/aromatic N) is 4. The van der Waals surface area contributed by atoms with Crippen molar-refractivity contribution in [1.29, 1.82) is 0 Å². The van der Waals surface area contributed by atoms with E-state index in [-0.39, 0.29) is 34.2 Å². The Morgan fingerprint density at radius 3 is 2.47 bits per heavy atom. The number of thiazole rings is 1. The molecule has 1 aliphatic heterocycles. The zero-order valence-corrected chi connectivity index (χ0v) is 21.9. The first-order valence-corrected chi connectivity index (χ1v) is 12.9. The fourth-order valence-corrected chi connectivity index (χ4v) is 5.97. The molecule has 0 bridgehead atoms. The number of hydrogen-bond acceptors (Lipinski definition) is 5. The number of fused-ring (bicyclic) bond motifs is 2. The summed E-state index contributed by atoms with van der Waals surface area (Å²) < 4.78 is 15.6. The number of carbonyl (C=O) groups is 1. The minimum Gasteiger partial charge on any atom is -0.303 e. The molecule has 0 atom stereocenters. The first-order valence-electron chi connectivity index (χ1n) is 10.6. The largest absolute Gasteiger partial charge is 0.303 e. The van der Waals surface area contributed by atoms with E-state index in [9.17, 15) is 14.0 Å². The summed E-state index contributed by atoms with van der Waals surface area (Å²) in [6, 6.07) is 16.3. The van der Waals surface area contributed by atoms with Crippen molar-refractivity contribution in [2.45, 2.75) is 6.54 Å². The van der Waals surface area contributed by atoms with Crippen LogP contribution in [0.2, 0.25) is 10.0 Å². The quantitative estimate of drug-likeness (QED) is 0.274. The fraction of sp³-hybridized carbons (Fsp3) is 0.0400. The van der Waals surface area contributed by atoms with E-state index in [0.29, 0.717) is 31.8 Å². The average Bonchev–Trinajstić information content (AvgIpc) is 3.46. The molecular formula is C25H12BrCl2FN4O2S. The first kappa shape index (κ1) is 23.3. The van der Waals surface area contributed by atoms with Gasteiger partial charge < -0.3 is 4.90 Å². The first-order chi connectivity index (χ1) is 17.3. The average molecular weight is 602 g/mol. The van der Waals surface area contributed by atoms with Crippen LogP contribution in [-0.4, -0.2) is 20.5 Å². The molecule has 3 aromatic carbocycles. The van der Waals surface area contributed by atoms with Crippen molar-refractivity contribution >= 4 is 72.6 Å². The van der Waals surface area contributed by atoms with Crippen LogP contribution in [0.1, 0.15) is 11.1 Å². The number of halogens is 4. The molecular weight excluding hydrogens is 590 g/mol. The van der Waals surface area contributed by atoms with Crippen LogP contribution in [0.3, 0.4) is 0 Å². The number of anilines is 1. The Morgan fingerprint density at radius 2 is 1.75 bits per heavy atom. The minimum absolute atomic E-state index is 0.228. The summed E-state index contributed by atoms with van der Waals surface area (Å²) in [7, 11) is 0. The van der Waals surface area contributed by atoms with Crippen LogP contribution in [0.5, 0.6) is 0 Å². The van der Waals surface area contributed by atoms with Gasteiger partial charge in [-0.2, -0.15) is 9.50 Å². The maximum Gasteiger partial charge on any atom is 0.291 e. The van der Waals surface area contributed by atoms with Crippen molar-refractivity contribution in [1.82, 2.24) is 14.6 Å². The van der Waals surface area contributed by atoms with Gasteiger partial charge in [0.1, 0.15) is 10.3 Å². The van der Waals surface area contributed by atoms with E-state index in [4.69, 9.17) is 23.2 Å². The normalized spacial score (nSPS) is 14.7. The second-order valence-electron chi connectivity index (χ2n) is 8.04. The molecule has 11 heteroatoms. The van der Waals surface area contributed by atoms with E-state index in [1.807, 2.05) is 18.2 Å². The molecule has 1 aliphatic rings. The number of rotatable bonds is 3. The van der Waals surface area contributed by atoms with Crippen LogP contribution in [0, 0.1) is 5.82 Å². The second kappa shape index (κ2) is 8.77. The topological polar surface area (TPSA) is 67.6 Å². The van der Waals surface area contributed by atoms with E-state index in [1.54, 1.807) is 35.2 Å². The van der Waals surface area contributed by atoms with Crippen LogP contribution in [0.15, 0.2) is 69.9 Å². The van der Waals surface area contributed by atoms with Crippen molar-refractivity contribution in [2.24, 2.45) is 0 Å². The molecule has 6 rings (SSSR count). The zero-order chi connectivity index (χ0) is 25.1. The van der Waals surface area contributed by atoms with Gasteiger partial charge in [0.15, 0.2) is 5.82 Å². The summed E-state index contributed by atoms with van der Waals surface area (Å²) in [4.78, 5) is 33.5. The smallest absolute Gasteiger partial charge is 0.291 e. The molecule has 0 spiro atoms. The van der Waals surface area contributed by atoms with Crippen LogP contribution >= 0.6 is 50.5 Å². The predicted molar refractivity (Wildman–Crippen MR) is 142 cm³/mol. The van der Waals surface area contributed by atoms with Gasteiger partial charge in [-0.05, 0) is 54.1 Å². The molecule has 5 aromatic rings. The number of carbonyl (C=O) groups excluding carboxylic acids is 1. The molecule has 2 aromatic heterocycles. The van der Waals surface area contributed by atoms with Crippen molar-refractivity contribution in [2.75, 3.05) is 4.90 Å². The van der Waals surface area contributed by atoms with Gasteiger partial charge in [-0.1, -0.05) is 62.6 Å². The van der Waals surface area contributed by atoms with Gasteiger partial charge in [0.05, 0.1) is 22.8 Å². The number of aromatic nitrogens is 3. The highest BCUT2D eigenvalue weighted by Crippen LogP contribution is 2.38. The second-order valence-corrected chi connectivity index (χ2v) is 10.8. The molecule has 0 fully saturated rings. The monoisotopic (exact) mass is 600 g/mol. The maximum absolute atomic E-state index is 13.6. The standard InChI is InChI=1S/C25H12BrCl2FN4O2S/c26-13-3-8-19-17(9-13)20(23(34)32(19)11-12-1-5-15(29)6-2-12)21-24(35)33-25(36-21)30-22(31-33)16-7-4-14(27)10-18(16)28/h1-10H,11H2. The Balaban J connectivity index is 1.50. The molecule has 3 heterocycles. The van der Waals surface area contributed by atoms with Gasteiger partial charge in [0.25, 0.3) is 11.5 Å². The highest BCUT2D eigenvalue weighted by Gasteiger charge is 2.35. The molecule has 0 unspecified atom stereocenters. The summed E-state index contributed by atoms with van der Waals surface area (Å²) in [6.07, 6.45) is 0. The van der Waals surface area contributed by atoms with Gasteiger partial charge in [0, 0.05) is 20.6 Å². The maximum atomic E-state index is 13.6. The van der Waals surface area contributed by atoms with Gasteiger partial charge in [-0.3, -0.25) is 9.59 Å². The number of hydrogen-bond donors (Lipinski definition) is 0. The van der Waals surface area contributed by atoms with Gasteiger partial charge in [0.2, 0.25) is 4.96 Å². The molecule has 0 saturated carbocycles. The van der Waals surface area contributed by atoms with Crippen molar-refractivity contribution in [3.63, 3.8) is 0 Å². The Labute approximate surface area is 225 Å². The lowest BCUT2D eigenvalue weighted by Crippen LogP contribution is -2.32. The van der Waals surface area contributed by atoms with Crippen LogP contribution < -0.4 is 15.0 Å². The summed E-state index contributed by atoms with van der Waals surface area (Å²) in [6.45, 7) is 0.228. The summed E-state index contributed by atoms with van der Waals surface area (Å²) in [5.41, 5.74) is 2.42. The van der Waals surface area contributed by atoms with E-state index < -0.39 is 5.56 Å². The summed E-state index contributed by atoms with van der Waals surface area (Å²) >= 11 is 16.8. The molecule has 178 valence electrons. The predicted octanol–water partition coefficient (Wildman–Crippen LogP) is 5.49. The van der Waals surface area contributed by atoms with E-state index in [0.717, 1.165) is 21.4 Å². The van der Waals surface area contributed by atoms with Crippen LogP contribution in [-0.2, 0) is 11.3 Å². The molecule has 0 aliphatic carbocycles. The Morgan fingerprint density at radius 1 is 0.972 bits per heavy atom. The summed E-state index contributed by atoms with van der Waals surface area (Å²) in [5.74, 6) is -0.391. The Hall–Kier alpha value is -3.11. The third kappa shape index (κ3) is 3.83. The van der Waals surface area contributed by atoms with Crippen molar-refractivity contribution < 1.29 is 9.18 Å². The third-order valence-electron chi connectivity index (χ3n) is 5.79. The zero-order valence-electron chi connectivity index (χ0n) is 18.0. The van der Waals surface area contributed by atoms with Crippen molar-refractivity contribution in [3.05, 3.63) is 107 Å². The molecule has 6 nitrogen and oxygen atoms in total. The van der Waals surface area contributed by atoms with Crippen molar-refractivity contribution in [3.8, 4) is 11.4 Å². The number of benzene rings is 3. The molecule has 0 radical (unpaired) electrons. The third-order valence-corrected chi connectivity index (χ3v) is 7.86. The van der Waals surface area contributed by atoms with Crippen LogP contribution in [0.4, 0.5) is 10.1 Å².